The lowest BCUT2D eigenvalue weighted by Crippen LogP contribution is -2.67. The number of aliphatic hydroxyl groups is 2. The quantitative estimate of drug-likeness (QED) is 0.238. The fraction of sp³-hybridized carbons (Fsp3) is 0.609. The molecule has 36 heavy (non-hydrogen) atoms. The molecule has 0 radical (unpaired) electrons. The standard InChI is InChI=1S/C23H34N8O5/c24-20(34)19-8-17(33)3-6-31(19)21(35)18(7-14-10-26-12-28-14)23(25,9-15-11-27-13-29-15)22(36)30-4-1-16(32)2-5-30/h10-13,16-19,32-33H,1-9,25H2,(H2,24,34)(H,26,28)(H,27,29)/t17-,18+,19?,23?/m0/s1. The SMILES string of the molecule is NC(=O)C1C[C@@H](O)CCN1C(=O)[C@@H](Cc1c[nH]cn1)C(N)(Cc1c[nH]cn1)C(=O)N1CCC(O)CC1. The van der Waals surface area contributed by atoms with Gasteiger partial charge in [-0.05, 0) is 19.3 Å². The van der Waals surface area contributed by atoms with Crippen LogP contribution < -0.4 is 11.5 Å². The van der Waals surface area contributed by atoms with Crippen molar-refractivity contribution in [2.45, 2.75) is 62.3 Å². The second kappa shape index (κ2) is 10.8. The summed E-state index contributed by atoms with van der Waals surface area (Å²) < 4.78 is 0. The van der Waals surface area contributed by atoms with Crippen LogP contribution in [0.3, 0.4) is 0 Å². The maximum atomic E-state index is 14.1. The number of aromatic amines is 2. The topological polar surface area (TPSA) is 208 Å². The molecule has 2 aromatic heterocycles. The van der Waals surface area contributed by atoms with Crippen molar-refractivity contribution in [2.75, 3.05) is 19.6 Å². The van der Waals surface area contributed by atoms with E-state index >= 15 is 0 Å². The Bertz CT molecular complexity index is 1040. The van der Waals surface area contributed by atoms with Gasteiger partial charge in [0.1, 0.15) is 11.6 Å². The third kappa shape index (κ3) is 5.42. The van der Waals surface area contributed by atoms with Crippen LogP contribution in [0.4, 0.5) is 0 Å². The number of amides is 3. The van der Waals surface area contributed by atoms with E-state index in [4.69, 9.17) is 11.5 Å². The monoisotopic (exact) mass is 502 g/mol. The summed E-state index contributed by atoms with van der Waals surface area (Å²) in [5.74, 6) is -2.77. The highest BCUT2D eigenvalue weighted by Gasteiger charge is 2.51. The number of rotatable bonds is 8. The van der Waals surface area contributed by atoms with Crippen molar-refractivity contribution in [1.29, 1.82) is 0 Å². The second-order valence-electron chi connectivity index (χ2n) is 9.75. The number of likely N-dealkylation sites (tertiary alicyclic amines) is 2. The van der Waals surface area contributed by atoms with Crippen LogP contribution in [0.2, 0.25) is 0 Å². The lowest BCUT2D eigenvalue weighted by molar-refractivity contribution is -0.154. The molecule has 0 aliphatic carbocycles. The molecule has 13 nitrogen and oxygen atoms in total. The molecule has 4 rings (SSSR count). The van der Waals surface area contributed by atoms with Crippen molar-refractivity contribution in [3.8, 4) is 0 Å². The molecule has 0 saturated carbocycles. The molecule has 196 valence electrons. The van der Waals surface area contributed by atoms with Gasteiger partial charge in [-0.25, -0.2) is 9.97 Å². The number of piperidine rings is 2. The Hall–Kier alpha value is -3.29. The number of hydrogen-bond acceptors (Lipinski definition) is 8. The van der Waals surface area contributed by atoms with Gasteiger partial charge in [0.25, 0.3) is 0 Å². The van der Waals surface area contributed by atoms with Gasteiger partial charge in [0.05, 0.1) is 42.2 Å². The summed E-state index contributed by atoms with van der Waals surface area (Å²) >= 11 is 0. The van der Waals surface area contributed by atoms with Crippen LogP contribution in [-0.2, 0) is 27.2 Å². The molecule has 8 N–H and O–H groups in total. The Morgan fingerprint density at radius 1 is 1.03 bits per heavy atom. The van der Waals surface area contributed by atoms with Gasteiger partial charge in [-0.15, -0.1) is 0 Å². The minimum atomic E-state index is -1.73. The fourth-order valence-electron chi connectivity index (χ4n) is 5.18. The molecular weight excluding hydrogens is 468 g/mol. The van der Waals surface area contributed by atoms with Crippen LogP contribution in [0.1, 0.15) is 37.1 Å². The van der Waals surface area contributed by atoms with Crippen molar-refractivity contribution in [3.05, 3.63) is 36.4 Å². The van der Waals surface area contributed by atoms with E-state index in [9.17, 15) is 24.6 Å². The van der Waals surface area contributed by atoms with E-state index in [1.807, 2.05) is 0 Å². The van der Waals surface area contributed by atoms with Gasteiger partial charge in [0, 0.05) is 51.3 Å². The van der Waals surface area contributed by atoms with Gasteiger partial charge < -0.3 is 41.4 Å². The van der Waals surface area contributed by atoms with Gasteiger partial charge in [-0.1, -0.05) is 0 Å². The largest absolute Gasteiger partial charge is 0.393 e. The smallest absolute Gasteiger partial charge is 0.243 e. The number of nitrogens with two attached hydrogens (primary N) is 2. The molecule has 13 heteroatoms. The Balaban J connectivity index is 1.74. The summed E-state index contributed by atoms with van der Waals surface area (Å²) in [4.78, 5) is 57.5. The molecule has 3 amide bonds. The zero-order valence-corrected chi connectivity index (χ0v) is 20.0. The van der Waals surface area contributed by atoms with Crippen LogP contribution in [0, 0.1) is 5.92 Å². The number of carbonyl (C=O) groups is 3. The minimum absolute atomic E-state index is 0.0189. The highest BCUT2D eigenvalue weighted by molar-refractivity contribution is 5.96. The fourth-order valence-corrected chi connectivity index (χ4v) is 5.18. The first-order chi connectivity index (χ1) is 17.2. The lowest BCUT2D eigenvalue weighted by atomic mass is 9.75. The average molecular weight is 503 g/mol. The summed E-state index contributed by atoms with van der Waals surface area (Å²) in [5, 5.41) is 20.0. The van der Waals surface area contributed by atoms with Crippen molar-refractivity contribution < 1.29 is 24.6 Å². The Labute approximate surface area is 208 Å². The van der Waals surface area contributed by atoms with Crippen LogP contribution in [0.15, 0.2) is 25.0 Å². The number of aromatic nitrogens is 4. The van der Waals surface area contributed by atoms with Gasteiger partial charge >= 0.3 is 0 Å². The zero-order chi connectivity index (χ0) is 25.9. The predicted octanol–water partition coefficient (Wildman–Crippen LogP) is -1.95. The number of hydrogen-bond donors (Lipinski definition) is 6. The summed E-state index contributed by atoms with van der Waals surface area (Å²) in [6.45, 7) is 0.721. The third-order valence-electron chi connectivity index (χ3n) is 7.25. The molecule has 2 aliphatic heterocycles. The molecule has 4 atom stereocenters. The van der Waals surface area contributed by atoms with E-state index in [2.05, 4.69) is 19.9 Å². The molecular formula is C23H34N8O5. The van der Waals surface area contributed by atoms with E-state index in [1.165, 1.54) is 17.6 Å². The van der Waals surface area contributed by atoms with Crippen molar-refractivity contribution in [3.63, 3.8) is 0 Å². The van der Waals surface area contributed by atoms with E-state index in [0.29, 0.717) is 37.3 Å². The molecule has 0 bridgehead atoms. The highest BCUT2D eigenvalue weighted by atomic mass is 16.3. The van der Waals surface area contributed by atoms with Gasteiger partial charge in [0.2, 0.25) is 17.7 Å². The van der Waals surface area contributed by atoms with E-state index in [0.717, 1.165) is 0 Å². The predicted molar refractivity (Wildman–Crippen MR) is 127 cm³/mol. The second-order valence-corrected chi connectivity index (χ2v) is 9.75. The maximum Gasteiger partial charge on any atom is 0.243 e. The molecule has 0 spiro atoms. The Morgan fingerprint density at radius 2 is 1.64 bits per heavy atom. The molecule has 2 aromatic rings. The Morgan fingerprint density at radius 3 is 2.22 bits per heavy atom. The summed E-state index contributed by atoms with van der Waals surface area (Å²) in [7, 11) is 0. The van der Waals surface area contributed by atoms with Gasteiger partial charge in [0.15, 0.2) is 0 Å². The van der Waals surface area contributed by atoms with Gasteiger partial charge in [-0.2, -0.15) is 0 Å². The Kier molecular flexibility index (Phi) is 7.71. The molecule has 2 saturated heterocycles. The lowest BCUT2D eigenvalue weighted by Gasteiger charge is -2.44. The number of nitrogens with one attached hydrogen (secondary N) is 2. The third-order valence-corrected chi connectivity index (χ3v) is 7.25. The number of aliphatic hydroxyl groups excluding tert-OH is 2. The number of H-pyrrole nitrogens is 2. The van der Waals surface area contributed by atoms with E-state index in [-0.39, 0.29) is 32.2 Å². The number of nitrogens with zero attached hydrogens (tertiary/aromatic N) is 4. The highest BCUT2D eigenvalue weighted by Crippen LogP contribution is 2.31. The first-order valence-electron chi connectivity index (χ1n) is 12.2. The van der Waals surface area contributed by atoms with Crippen LogP contribution >= 0.6 is 0 Å². The molecule has 0 aromatic carbocycles. The van der Waals surface area contributed by atoms with Crippen molar-refractivity contribution >= 4 is 17.7 Å². The number of carbonyl (C=O) groups excluding carboxylic acids is 3. The van der Waals surface area contributed by atoms with Crippen LogP contribution in [0.25, 0.3) is 0 Å². The van der Waals surface area contributed by atoms with Crippen molar-refractivity contribution in [1.82, 2.24) is 29.7 Å². The van der Waals surface area contributed by atoms with Gasteiger partial charge in [-0.3, -0.25) is 14.4 Å². The van der Waals surface area contributed by atoms with Crippen LogP contribution in [0.5, 0.6) is 0 Å². The zero-order valence-electron chi connectivity index (χ0n) is 20.0. The molecule has 2 fully saturated rings. The summed E-state index contributed by atoms with van der Waals surface area (Å²) in [6.07, 6.45) is 6.06. The molecule has 2 aliphatic rings. The summed E-state index contributed by atoms with van der Waals surface area (Å²) in [5.41, 5.74) is 11.9. The normalized spacial score (nSPS) is 23.8. The van der Waals surface area contributed by atoms with E-state index in [1.54, 1.807) is 17.3 Å². The minimum Gasteiger partial charge on any atom is -0.393 e. The van der Waals surface area contributed by atoms with Crippen molar-refractivity contribution in [2.24, 2.45) is 17.4 Å². The van der Waals surface area contributed by atoms with Crippen LogP contribution in [-0.4, -0.2) is 101 Å². The first-order valence-corrected chi connectivity index (χ1v) is 12.2. The molecule has 4 heterocycles. The first kappa shape index (κ1) is 25.8. The molecule has 2 unspecified atom stereocenters. The van der Waals surface area contributed by atoms with E-state index < -0.39 is 47.4 Å². The maximum absolute atomic E-state index is 14.1. The number of imidazole rings is 2. The number of primary amides is 1. The average Bonchev–Trinajstić information content (AvgIpc) is 3.56. The summed E-state index contributed by atoms with van der Waals surface area (Å²) in [6, 6.07) is -1.02.